The summed E-state index contributed by atoms with van der Waals surface area (Å²) in [7, 11) is 1.45. The van der Waals surface area contributed by atoms with Crippen LogP contribution in [0.2, 0.25) is 0 Å². The Morgan fingerprint density at radius 3 is 2.26 bits per heavy atom. The van der Waals surface area contributed by atoms with Gasteiger partial charge in [0.1, 0.15) is 10.8 Å². The first-order valence-electron chi connectivity index (χ1n) is 9.04. The van der Waals surface area contributed by atoms with Gasteiger partial charge in [-0.25, -0.2) is 9.37 Å². The molecule has 0 fully saturated rings. The second-order valence-electron chi connectivity index (χ2n) is 5.38. The van der Waals surface area contributed by atoms with E-state index in [4.69, 9.17) is 4.74 Å². The summed E-state index contributed by atoms with van der Waals surface area (Å²) in [5.41, 5.74) is 2.62. The van der Waals surface area contributed by atoms with Gasteiger partial charge in [-0.05, 0) is 54.4 Å². The minimum Gasteiger partial charge on any atom is -0.507 e. The van der Waals surface area contributed by atoms with Crippen LogP contribution in [0.1, 0.15) is 43.8 Å². The standard InChI is InChI=1S/C18H16FNO2S.2C2H6/c1-9-5-13(18-20-10(2)17(23-18)11(3)21)6-12-7-16(22-4)15(19)8-14(9)12;2*1-2/h5-8,21H,3H2,1-2,4H3;2*1-2H3. The van der Waals surface area contributed by atoms with Gasteiger partial charge in [0.15, 0.2) is 11.6 Å². The van der Waals surface area contributed by atoms with Crippen LogP contribution in [0.4, 0.5) is 4.39 Å². The lowest BCUT2D eigenvalue weighted by Gasteiger charge is -2.08. The number of benzene rings is 2. The molecule has 27 heavy (non-hydrogen) atoms. The number of hydrogen-bond donors (Lipinski definition) is 1. The molecule has 2 aromatic carbocycles. The number of aliphatic hydroxyl groups excluding tert-OH is 1. The highest BCUT2D eigenvalue weighted by molar-refractivity contribution is 7.16. The van der Waals surface area contributed by atoms with E-state index in [2.05, 4.69) is 11.6 Å². The fourth-order valence-corrected chi connectivity index (χ4v) is 3.54. The zero-order valence-corrected chi connectivity index (χ0v) is 17.9. The number of ether oxygens (including phenoxy) is 1. The molecule has 0 aliphatic carbocycles. The number of nitrogens with zero attached hydrogens (tertiary/aromatic N) is 1. The molecule has 5 heteroatoms. The predicted octanol–water partition coefficient (Wildman–Crippen LogP) is 7.31. The van der Waals surface area contributed by atoms with Crippen molar-refractivity contribution in [3.05, 3.63) is 52.8 Å². The molecular weight excluding hydrogens is 361 g/mol. The molecule has 0 spiro atoms. The van der Waals surface area contributed by atoms with Crippen molar-refractivity contribution in [1.29, 1.82) is 0 Å². The molecule has 0 aliphatic heterocycles. The number of methoxy groups -OCH3 is 1. The van der Waals surface area contributed by atoms with Crippen LogP contribution in [0.25, 0.3) is 27.1 Å². The molecule has 1 N–H and O–H groups in total. The minimum atomic E-state index is -0.375. The van der Waals surface area contributed by atoms with Crippen molar-refractivity contribution in [2.24, 2.45) is 0 Å². The number of halogens is 1. The Labute approximate surface area is 165 Å². The van der Waals surface area contributed by atoms with Gasteiger partial charge in [0.2, 0.25) is 0 Å². The average Bonchev–Trinajstić information content (AvgIpc) is 3.07. The van der Waals surface area contributed by atoms with Gasteiger partial charge in [-0.3, -0.25) is 0 Å². The lowest BCUT2D eigenvalue weighted by molar-refractivity contribution is 0.387. The van der Waals surface area contributed by atoms with Crippen LogP contribution < -0.4 is 4.74 Å². The maximum atomic E-state index is 13.9. The summed E-state index contributed by atoms with van der Waals surface area (Å²) in [5, 5.41) is 12.1. The molecule has 146 valence electrons. The number of aromatic nitrogens is 1. The molecule has 0 atom stereocenters. The summed E-state index contributed by atoms with van der Waals surface area (Å²) in [6.07, 6.45) is 0. The van der Waals surface area contributed by atoms with Crippen molar-refractivity contribution in [3.8, 4) is 16.3 Å². The third kappa shape index (κ3) is 4.86. The van der Waals surface area contributed by atoms with E-state index in [-0.39, 0.29) is 17.3 Å². The van der Waals surface area contributed by atoms with Crippen molar-refractivity contribution in [2.45, 2.75) is 41.5 Å². The average molecular weight is 390 g/mol. The van der Waals surface area contributed by atoms with Crippen molar-refractivity contribution in [2.75, 3.05) is 7.11 Å². The van der Waals surface area contributed by atoms with Gasteiger partial charge in [-0.15, -0.1) is 11.3 Å². The third-order valence-electron chi connectivity index (χ3n) is 3.74. The summed E-state index contributed by atoms with van der Waals surface area (Å²) >= 11 is 1.39. The van der Waals surface area contributed by atoms with Gasteiger partial charge in [-0.1, -0.05) is 34.3 Å². The van der Waals surface area contributed by atoms with Crippen LogP contribution in [0.3, 0.4) is 0 Å². The van der Waals surface area contributed by atoms with Gasteiger partial charge >= 0.3 is 0 Å². The van der Waals surface area contributed by atoms with Crippen LogP contribution in [0, 0.1) is 19.7 Å². The Hall–Kier alpha value is -2.40. The highest BCUT2D eigenvalue weighted by atomic mass is 32.1. The molecule has 0 aliphatic rings. The van der Waals surface area contributed by atoms with Crippen molar-refractivity contribution in [1.82, 2.24) is 4.98 Å². The minimum absolute atomic E-state index is 0.0208. The van der Waals surface area contributed by atoms with E-state index in [9.17, 15) is 9.50 Å². The second-order valence-corrected chi connectivity index (χ2v) is 6.38. The van der Waals surface area contributed by atoms with E-state index < -0.39 is 0 Å². The van der Waals surface area contributed by atoms with E-state index in [0.29, 0.717) is 4.88 Å². The lowest BCUT2D eigenvalue weighted by atomic mass is 10.0. The number of fused-ring (bicyclic) bond motifs is 1. The fourth-order valence-electron chi connectivity index (χ4n) is 2.62. The zero-order valence-electron chi connectivity index (χ0n) is 17.1. The molecule has 0 unspecified atom stereocenters. The number of thiazole rings is 1. The SMILES string of the molecule is C=C(O)c1sc(-c2cc(C)c3cc(F)c(OC)cc3c2)nc1C.CC.CC. The lowest BCUT2D eigenvalue weighted by Crippen LogP contribution is -1.90. The summed E-state index contributed by atoms with van der Waals surface area (Å²) in [6.45, 7) is 15.3. The van der Waals surface area contributed by atoms with E-state index in [0.717, 1.165) is 32.6 Å². The maximum Gasteiger partial charge on any atom is 0.165 e. The summed E-state index contributed by atoms with van der Waals surface area (Å²) < 4.78 is 19.0. The largest absolute Gasteiger partial charge is 0.507 e. The number of rotatable bonds is 3. The Kier molecular flexibility index (Phi) is 8.44. The normalized spacial score (nSPS) is 9.78. The van der Waals surface area contributed by atoms with Crippen LogP contribution in [0.15, 0.2) is 30.8 Å². The van der Waals surface area contributed by atoms with Crippen LogP contribution >= 0.6 is 11.3 Å². The van der Waals surface area contributed by atoms with Crippen LogP contribution in [0.5, 0.6) is 5.75 Å². The first kappa shape index (κ1) is 22.6. The van der Waals surface area contributed by atoms with Crippen molar-refractivity contribution < 1.29 is 14.2 Å². The first-order valence-corrected chi connectivity index (χ1v) is 9.86. The Morgan fingerprint density at radius 1 is 1.11 bits per heavy atom. The first-order chi connectivity index (χ1) is 12.9. The summed E-state index contributed by atoms with van der Waals surface area (Å²) in [6, 6.07) is 7.10. The van der Waals surface area contributed by atoms with Crippen molar-refractivity contribution in [3.63, 3.8) is 0 Å². The van der Waals surface area contributed by atoms with E-state index >= 15 is 0 Å². The molecule has 0 saturated carbocycles. The molecule has 0 radical (unpaired) electrons. The third-order valence-corrected chi connectivity index (χ3v) is 4.99. The van der Waals surface area contributed by atoms with Crippen LogP contribution in [-0.4, -0.2) is 17.2 Å². The molecule has 3 rings (SSSR count). The number of aliphatic hydroxyl groups is 1. The monoisotopic (exact) mass is 389 g/mol. The van der Waals surface area contributed by atoms with Crippen molar-refractivity contribution >= 4 is 27.9 Å². The van der Waals surface area contributed by atoms with E-state index in [1.807, 2.05) is 53.7 Å². The topological polar surface area (TPSA) is 42.4 Å². The smallest absolute Gasteiger partial charge is 0.165 e. The quantitative estimate of drug-likeness (QED) is 0.478. The Morgan fingerprint density at radius 2 is 1.74 bits per heavy atom. The Balaban J connectivity index is 0.000000855. The van der Waals surface area contributed by atoms with E-state index in [1.54, 1.807) is 6.07 Å². The van der Waals surface area contributed by atoms with E-state index in [1.165, 1.54) is 24.5 Å². The Bertz CT molecular complexity index is 932. The maximum absolute atomic E-state index is 13.9. The van der Waals surface area contributed by atoms with Crippen LogP contribution in [-0.2, 0) is 0 Å². The van der Waals surface area contributed by atoms with Gasteiger partial charge in [-0.2, -0.15) is 0 Å². The molecule has 0 amide bonds. The predicted molar refractivity (Wildman–Crippen MR) is 115 cm³/mol. The number of hydrogen-bond acceptors (Lipinski definition) is 4. The van der Waals surface area contributed by atoms with Gasteiger partial charge < -0.3 is 9.84 Å². The number of aryl methyl sites for hydroxylation is 2. The molecule has 3 nitrogen and oxygen atoms in total. The molecule has 3 aromatic rings. The highest BCUT2D eigenvalue weighted by Gasteiger charge is 2.14. The molecular formula is C22H28FNO2S. The molecule has 1 heterocycles. The summed E-state index contributed by atoms with van der Waals surface area (Å²) in [4.78, 5) is 5.18. The van der Waals surface area contributed by atoms with Gasteiger partial charge in [0, 0.05) is 5.56 Å². The fraction of sp³-hybridized carbons (Fsp3) is 0.318. The molecule has 1 aromatic heterocycles. The summed E-state index contributed by atoms with van der Waals surface area (Å²) in [5.74, 6) is -0.138. The highest BCUT2D eigenvalue weighted by Crippen LogP contribution is 2.35. The second kappa shape index (κ2) is 10.1. The van der Waals surface area contributed by atoms with Gasteiger partial charge in [0.05, 0.1) is 17.7 Å². The zero-order chi connectivity index (χ0) is 20.7. The molecule has 0 bridgehead atoms. The van der Waals surface area contributed by atoms with Gasteiger partial charge in [0.25, 0.3) is 0 Å². The molecule has 0 saturated heterocycles.